The summed E-state index contributed by atoms with van der Waals surface area (Å²) >= 11 is 1.65. The Morgan fingerprint density at radius 1 is 1.30 bits per heavy atom. The Labute approximate surface area is 179 Å². The molecule has 160 valence electrons. The molecule has 2 aromatic rings. The number of ether oxygens (including phenoxy) is 1. The SMILES string of the molecule is COC(=O)c1cc(C(=O)NCC(c2cccs2)N2CCC(C)CC2)cc([N+](=O)[O-])c1. The normalized spacial score (nSPS) is 16.1. The van der Waals surface area contributed by atoms with Crippen LogP contribution in [0.2, 0.25) is 0 Å². The molecule has 0 spiro atoms. The molecule has 1 atom stereocenters. The highest BCUT2D eigenvalue weighted by atomic mass is 32.1. The number of piperidine rings is 1. The summed E-state index contributed by atoms with van der Waals surface area (Å²) in [5, 5.41) is 16.1. The number of hydrogen-bond acceptors (Lipinski definition) is 7. The highest BCUT2D eigenvalue weighted by Crippen LogP contribution is 2.29. The first-order valence-electron chi connectivity index (χ1n) is 9.82. The van der Waals surface area contributed by atoms with Gasteiger partial charge >= 0.3 is 5.97 Å². The Bertz CT molecular complexity index is 907. The lowest BCUT2D eigenvalue weighted by Gasteiger charge is -2.36. The number of thiophene rings is 1. The molecule has 1 aromatic carbocycles. The van der Waals surface area contributed by atoms with Crippen LogP contribution in [-0.2, 0) is 4.74 Å². The van der Waals surface area contributed by atoms with Gasteiger partial charge in [-0.2, -0.15) is 0 Å². The number of amides is 1. The maximum atomic E-state index is 12.8. The number of nitrogens with zero attached hydrogens (tertiary/aromatic N) is 2. The predicted octanol–water partition coefficient (Wildman–Crippen LogP) is 3.65. The fourth-order valence-corrected chi connectivity index (χ4v) is 4.47. The molecule has 1 saturated heterocycles. The van der Waals surface area contributed by atoms with Gasteiger partial charge in [0.2, 0.25) is 0 Å². The van der Waals surface area contributed by atoms with Gasteiger partial charge in [0.15, 0.2) is 0 Å². The number of benzene rings is 1. The molecule has 30 heavy (non-hydrogen) atoms. The largest absolute Gasteiger partial charge is 0.465 e. The van der Waals surface area contributed by atoms with Crippen LogP contribution >= 0.6 is 11.3 Å². The molecule has 1 aliphatic heterocycles. The van der Waals surface area contributed by atoms with Gasteiger partial charge in [-0.25, -0.2) is 4.79 Å². The minimum atomic E-state index is -0.730. The van der Waals surface area contributed by atoms with E-state index in [1.54, 1.807) is 11.3 Å². The first-order chi connectivity index (χ1) is 14.4. The van der Waals surface area contributed by atoms with Crippen LogP contribution in [-0.4, -0.2) is 48.4 Å². The van der Waals surface area contributed by atoms with Crippen LogP contribution in [0.5, 0.6) is 0 Å². The molecule has 1 aromatic heterocycles. The van der Waals surface area contributed by atoms with Gasteiger partial charge in [-0.3, -0.25) is 19.8 Å². The van der Waals surface area contributed by atoms with Crippen molar-refractivity contribution in [1.82, 2.24) is 10.2 Å². The van der Waals surface area contributed by atoms with Gasteiger partial charge in [0.25, 0.3) is 11.6 Å². The minimum absolute atomic E-state index is 0.0309. The molecular formula is C21H25N3O5S. The summed E-state index contributed by atoms with van der Waals surface area (Å²) in [5.74, 6) is -0.496. The smallest absolute Gasteiger partial charge is 0.338 e. The molecule has 1 amide bonds. The second kappa shape index (κ2) is 9.82. The number of nitro benzene ring substituents is 1. The number of likely N-dealkylation sites (tertiary alicyclic amines) is 1. The maximum absolute atomic E-state index is 12.8. The van der Waals surface area contributed by atoms with Gasteiger partial charge in [0, 0.05) is 29.1 Å². The van der Waals surface area contributed by atoms with Crippen molar-refractivity contribution < 1.29 is 19.2 Å². The molecule has 0 radical (unpaired) electrons. The first-order valence-corrected chi connectivity index (χ1v) is 10.7. The predicted molar refractivity (Wildman–Crippen MR) is 114 cm³/mol. The topological polar surface area (TPSA) is 102 Å². The van der Waals surface area contributed by atoms with E-state index < -0.39 is 16.8 Å². The number of nitro groups is 1. The van der Waals surface area contributed by atoms with Crippen LogP contribution in [0.4, 0.5) is 5.69 Å². The number of hydrogen-bond donors (Lipinski definition) is 1. The summed E-state index contributed by atoms with van der Waals surface area (Å²) in [4.78, 5) is 38.7. The van der Waals surface area contributed by atoms with Crippen LogP contribution in [0.1, 0.15) is 51.4 Å². The summed E-state index contributed by atoms with van der Waals surface area (Å²) < 4.78 is 4.64. The lowest BCUT2D eigenvalue weighted by atomic mass is 9.97. The lowest BCUT2D eigenvalue weighted by Crippen LogP contribution is -2.41. The fraction of sp³-hybridized carbons (Fsp3) is 0.429. The second-order valence-electron chi connectivity index (χ2n) is 7.48. The van der Waals surface area contributed by atoms with E-state index in [1.807, 2.05) is 11.4 Å². The van der Waals surface area contributed by atoms with Gasteiger partial charge in [-0.15, -0.1) is 11.3 Å². The van der Waals surface area contributed by atoms with Crippen molar-refractivity contribution in [1.29, 1.82) is 0 Å². The van der Waals surface area contributed by atoms with Crippen LogP contribution in [0.25, 0.3) is 0 Å². The number of methoxy groups -OCH3 is 1. The van der Waals surface area contributed by atoms with Crippen molar-refractivity contribution in [2.75, 3.05) is 26.7 Å². The van der Waals surface area contributed by atoms with Crippen molar-refractivity contribution in [2.24, 2.45) is 5.92 Å². The van der Waals surface area contributed by atoms with E-state index in [9.17, 15) is 19.7 Å². The van der Waals surface area contributed by atoms with Gasteiger partial charge in [0.05, 0.1) is 23.6 Å². The molecule has 2 heterocycles. The van der Waals surface area contributed by atoms with E-state index in [2.05, 4.69) is 27.9 Å². The number of carbonyl (C=O) groups excluding carboxylic acids is 2. The molecule has 1 aliphatic rings. The number of esters is 1. The van der Waals surface area contributed by atoms with Crippen molar-refractivity contribution in [3.05, 3.63) is 61.8 Å². The third-order valence-corrected chi connectivity index (χ3v) is 6.37. The van der Waals surface area contributed by atoms with Crippen LogP contribution in [0.3, 0.4) is 0 Å². The molecule has 3 rings (SSSR count). The molecular weight excluding hydrogens is 406 g/mol. The summed E-state index contributed by atoms with van der Waals surface area (Å²) in [5.41, 5.74) is -0.304. The van der Waals surface area contributed by atoms with E-state index in [0.717, 1.165) is 32.0 Å². The standard InChI is InChI=1S/C21H25N3O5S/c1-14-5-7-23(8-6-14)18(19-4-3-9-30-19)13-22-20(25)15-10-16(21(26)29-2)12-17(11-15)24(27)28/h3-4,9-12,14,18H,5-8,13H2,1-2H3,(H,22,25). The van der Waals surface area contributed by atoms with E-state index in [1.165, 1.54) is 24.1 Å². The van der Waals surface area contributed by atoms with E-state index in [-0.39, 0.29) is 22.9 Å². The Balaban J connectivity index is 1.77. The van der Waals surface area contributed by atoms with Crippen molar-refractivity contribution in [2.45, 2.75) is 25.8 Å². The highest BCUT2D eigenvalue weighted by Gasteiger charge is 2.26. The molecule has 8 nitrogen and oxygen atoms in total. The van der Waals surface area contributed by atoms with E-state index in [4.69, 9.17) is 0 Å². The molecule has 0 aliphatic carbocycles. The van der Waals surface area contributed by atoms with Crippen molar-refractivity contribution >= 4 is 28.9 Å². The summed E-state index contributed by atoms with van der Waals surface area (Å²) in [7, 11) is 1.19. The first kappa shape index (κ1) is 21.9. The quantitative estimate of drug-likeness (QED) is 0.408. The summed E-state index contributed by atoms with van der Waals surface area (Å²) in [6, 6.07) is 7.68. The van der Waals surface area contributed by atoms with Gasteiger partial charge in [-0.1, -0.05) is 13.0 Å². The lowest BCUT2D eigenvalue weighted by molar-refractivity contribution is -0.384. The zero-order chi connectivity index (χ0) is 21.7. The molecule has 9 heteroatoms. The Kier molecular flexibility index (Phi) is 7.17. The Morgan fingerprint density at radius 2 is 2.00 bits per heavy atom. The number of non-ortho nitro benzene ring substituents is 1. The number of carbonyl (C=O) groups is 2. The van der Waals surface area contributed by atoms with Crippen molar-refractivity contribution in [3.8, 4) is 0 Å². The monoisotopic (exact) mass is 431 g/mol. The van der Waals surface area contributed by atoms with E-state index in [0.29, 0.717) is 12.5 Å². The average Bonchev–Trinajstić information content (AvgIpc) is 3.28. The van der Waals surface area contributed by atoms with Crippen LogP contribution in [0.15, 0.2) is 35.7 Å². The molecule has 1 N–H and O–H groups in total. The van der Waals surface area contributed by atoms with Crippen LogP contribution in [0, 0.1) is 16.0 Å². The molecule has 1 unspecified atom stereocenters. The minimum Gasteiger partial charge on any atom is -0.465 e. The Hall–Kier alpha value is -2.78. The molecule has 0 saturated carbocycles. The van der Waals surface area contributed by atoms with E-state index >= 15 is 0 Å². The van der Waals surface area contributed by atoms with Crippen LogP contribution < -0.4 is 5.32 Å². The van der Waals surface area contributed by atoms with Gasteiger partial charge in [-0.05, 0) is 49.4 Å². The number of nitrogens with one attached hydrogen (secondary N) is 1. The fourth-order valence-electron chi connectivity index (χ4n) is 3.61. The third kappa shape index (κ3) is 5.22. The summed E-state index contributed by atoms with van der Waals surface area (Å²) in [6.45, 7) is 4.55. The zero-order valence-electron chi connectivity index (χ0n) is 17.0. The molecule has 0 bridgehead atoms. The zero-order valence-corrected chi connectivity index (χ0v) is 17.8. The second-order valence-corrected chi connectivity index (χ2v) is 8.46. The summed E-state index contributed by atoms with van der Waals surface area (Å²) in [6.07, 6.45) is 2.23. The van der Waals surface area contributed by atoms with Gasteiger partial charge in [0.1, 0.15) is 0 Å². The average molecular weight is 432 g/mol. The maximum Gasteiger partial charge on any atom is 0.338 e. The van der Waals surface area contributed by atoms with Crippen molar-refractivity contribution in [3.63, 3.8) is 0 Å². The number of rotatable bonds is 7. The highest BCUT2D eigenvalue weighted by molar-refractivity contribution is 7.10. The Morgan fingerprint density at radius 3 is 2.60 bits per heavy atom. The molecule has 1 fully saturated rings. The third-order valence-electron chi connectivity index (χ3n) is 5.40. The van der Waals surface area contributed by atoms with Gasteiger partial charge < -0.3 is 10.1 Å².